The molecule has 3 aromatic rings. The van der Waals surface area contributed by atoms with Crippen LogP contribution in [0.25, 0.3) is 0 Å². The molecule has 2 atom stereocenters. The molecule has 1 aliphatic carbocycles. The molecule has 0 spiro atoms. The molecule has 1 aromatic carbocycles. The Labute approximate surface area is 208 Å². The lowest BCUT2D eigenvalue weighted by Crippen LogP contribution is -2.38. The van der Waals surface area contributed by atoms with Gasteiger partial charge in [0.25, 0.3) is 5.91 Å². The number of carbonyl (C=O) groups excluding carboxylic acids is 2. The molecule has 2 aromatic heterocycles. The SMILES string of the molecule is CCC(C)(C)[C@H]1CCc2c(sc3c2C(=O)N[C@@H](c2ccc(OC(=O)c4ccco4)c(OC)c2)N3)C1. The quantitative estimate of drug-likeness (QED) is 0.324. The lowest BCUT2D eigenvalue weighted by Gasteiger charge is -2.36. The zero-order chi connectivity index (χ0) is 24.7. The number of amides is 1. The highest BCUT2D eigenvalue weighted by molar-refractivity contribution is 7.16. The summed E-state index contributed by atoms with van der Waals surface area (Å²) in [5.41, 5.74) is 3.09. The molecule has 0 saturated heterocycles. The lowest BCUT2D eigenvalue weighted by atomic mass is 9.69. The summed E-state index contributed by atoms with van der Waals surface area (Å²) in [5.74, 6) is 0.733. The molecule has 5 rings (SSSR count). The van der Waals surface area contributed by atoms with Gasteiger partial charge >= 0.3 is 5.97 Å². The summed E-state index contributed by atoms with van der Waals surface area (Å²) in [4.78, 5) is 26.8. The molecule has 0 radical (unpaired) electrons. The minimum atomic E-state index is -0.608. The summed E-state index contributed by atoms with van der Waals surface area (Å²) in [6.45, 7) is 6.95. The smallest absolute Gasteiger partial charge is 0.379 e. The van der Waals surface area contributed by atoms with Crippen LogP contribution in [-0.2, 0) is 12.8 Å². The molecule has 1 aliphatic heterocycles. The van der Waals surface area contributed by atoms with Crippen molar-refractivity contribution >= 4 is 28.2 Å². The molecule has 7 nitrogen and oxygen atoms in total. The first-order valence-corrected chi connectivity index (χ1v) is 12.8. The van der Waals surface area contributed by atoms with Crippen LogP contribution in [0.4, 0.5) is 5.00 Å². The normalized spacial score (nSPS) is 19.3. The van der Waals surface area contributed by atoms with E-state index in [-0.39, 0.29) is 17.4 Å². The molecule has 0 unspecified atom stereocenters. The molecule has 35 heavy (non-hydrogen) atoms. The van der Waals surface area contributed by atoms with Gasteiger partial charge in [-0.2, -0.15) is 0 Å². The Bertz CT molecular complexity index is 1260. The first kappa shape index (κ1) is 23.5. The van der Waals surface area contributed by atoms with Gasteiger partial charge in [0.15, 0.2) is 11.5 Å². The number of ether oxygens (including phenoxy) is 2. The predicted octanol–water partition coefficient (Wildman–Crippen LogP) is 5.96. The summed E-state index contributed by atoms with van der Waals surface area (Å²) < 4.78 is 16.0. The first-order chi connectivity index (χ1) is 16.8. The van der Waals surface area contributed by atoms with Gasteiger partial charge in [-0.1, -0.05) is 33.3 Å². The highest BCUT2D eigenvalue weighted by Crippen LogP contribution is 2.47. The number of hydrogen-bond acceptors (Lipinski definition) is 7. The Balaban J connectivity index is 1.37. The number of thiophene rings is 1. The van der Waals surface area contributed by atoms with E-state index in [1.807, 2.05) is 6.07 Å². The van der Waals surface area contributed by atoms with Crippen LogP contribution in [0.5, 0.6) is 11.5 Å². The summed E-state index contributed by atoms with van der Waals surface area (Å²) in [7, 11) is 1.51. The van der Waals surface area contributed by atoms with Gasteiger partial charge < -0.3 is 24.5 Å². The minimum Gasteiger partial charge on any atom is -0.493 e. The number of nitrogens with one attached hydrogen (secondary N) is 2. The van der Waals surface area contributed by atoms with E-state index in [0.29, 0.717) is 17.1 Å². The standard InChI is InChI=1S/C27H30N2O5S/c1-5-27(2,3)16-9-10-17-21(14-16)35-25-22(17)24(30)28-23(29-25)15-8-11-18(20(13-15)32-4)34-26(31)19-7-6-12-33-19/h6-8,11-13,16,23,29H,5,9-10,14H2,1-4H3,(H,28,30)/t16-,23+/m0/s1. The molecule has 0 fully saturated rings. The average Bonchev–Trinajstić information content (AvgIpc) is 3.52. The van der Waals surface area contributed by atoms with Crippen LogP contribution in [0.15, 0.2) is 41.0 Å². The maximum Gasteiger partial charge on any atom is 0.379 e. The van der Waals surface area contributed by atoms with Gasteiger partial charge in [0.05, 0.1) is 18.9 Å². The van der Waals surface area contributed by atoms with Gasteiger partial charge in [-0.3, -0.25) is 4.79 Å². The molecule has 1 amide bonds. The molecular weight excluding hydrogens is 464 g/mol. The third kappa shape index (κ3) is 4.31. The molecule has 3 heterocycles. The number of hydrogen-bond donors (Lipinski definition) is 2. The third-order valence-corrected chi connectivity index (χ3v) is 8.69. The van der Waals surface area contributed by atoms with Gasteiger partial charge in [-0.25, -0.2) is 4.79 Å². The van der Waals surface area contributed by atoms with Crippen LogP contribution in [0.2, 0.25) is 0 Å². The summed E-state index contributed by atoms with van der Waals surface area (Å²) in [5, 5.41) is 7.52. The van der Waals surface area contributed by atoms with E-state index in [2.05, 4.69) is 31.4 Å². The van der Waals surface area contributed by atoms with E-state index in [4.69, 9.17) is 13.9 Å². The highest BCUT2D eigenvalue weighted by atomic mass is 32.1. The zero-order valence-electron chi connectivity index (χ0n) is 20.4. The number of methoxy groups -OCH3 is 1. The second-order valence-electron chi connectivity index (χ2n) is 9.82. The van der Waals surface area contributed by atoms with Crippen LogP contribution in [-0.4, -0.2) is 19.0 Å². The molecule has 2 N–H and O–H groups in total. The van der Waals surface area contributed by atoms with Crippen molar-refractivity contribution in [3.8, 4) is 11.5 Å². The first-order valence-electron chi connectivity index (χ1n) is 12.0. The fourth-order valence-corrected chi connectivity index (χ4v) is 6.27. The number of benzene rings is 1. The highest BCUT2D eigenvalue weighted by Gasteiger charge is 2.37. The van der Waals surface area contributed by atoms with E-state index >= 15 is 0 Å². The molecule has 0 saturated carbocycles. The zero-order valence-corrected chi connectivity index (χ0v) is 21.2. The van der Waals surface area contributed by atoms with Crippen molar-refractivity contribution in [1.29, 1.82) is 0 Å². The van der Waals surface area contributed by atoms with E-state index in [1.54, 1.807) is 29.5 Å². The predicted molar refractivity (Wildman–Crippen MR) is 134 cm³/mol. The Kier molecular flexibility index (Phi) is 6.09. The minimum absolute atomic E-state index is 0.0539. The van der Waals surface area contributed by atoms with Crippen LogP contribution >= 0.6 is 11.3 Å². The van der Waals surface area contributed by atoms with Crippen molar-refractivity contribution in [2.45, 2.75) is 52.6 Å². The largest absolute Gasteiger partial charge is 0.493 e. The topological polar surface area (TPSA) is 89.8 Å². The van der Waals surface area contributed by atoms with Gasteiger partial charge in [0.2, 0.25) is 5.76 Å². The Morgan fingerprint density at radius 2 is 2.06 bits per heavy atom. The van der Waals surface area contributed by atoms with Crippen LogP contribution in [0, 0.1) is 11.3 Å². The monoisotopic (exact) mass is 494 g/mol. The Hall–Kier alpha value is -3.26. The molecular formula is C27H30N2O5S. The maximum absolute atomic E-state index is 13.2. The van der Waals surface area contributed by atoms with E-state index in [0.717, 1.165) is 41.8 Å². The van der Waals surface area contributed by atoms with Crippen molar-refractivity contribution in [3.05, 3.63) is 63.9 Å². The van der Waals surface area contributed by atoms with Gasteiger partial charge in [-0.15, -0.1) is 11.3 Å². The third-order valence-electron chi connectivity index (χ3n) is 7.51. The van der Waals surface area contributed by atoms with Gasteiger partial charge in [-0.05, 0) is 66.0 Å². The van der Waals surface area contributed by atoms with Crippen molar-refractivity contribution in [3.63, 3.8) is 0 Å². The molecule has 2 aliphatic rings. The lowest BCUT2D eigenvalue weighted by molar-refractivity contribution is 0.0696. The Morgan fingerprint density at radius 3 is 2.77 bits per heavy atom. The fraction of sp³-hybridized carbons (Fsp3) is 0.407. The fourth-order valence-electron chi connectivity index (χ4n) is 4.91. The number of rotatable bonds is 6. The number of esters is 1. The van der Waals surface area contributed by atoms with Crippen LogP contribution in [0.1, 0.15) is 76.7 Å². The second kappa shape index (κ2) is 9.07. The van der Waals surface area contributed by atoms with E-state index in [9.17, 15) is 9.59 Å². The number of anilines is 1. The summed E-state index contributed by atoms with van der Waals surface area (Å²) >= 11 is 1.71. The Morgan fingerprint density at radius 1 is 1.23 bits per heavy atom. The molecule has 8 heteroatoms. The van der Waals surface area contributed by atoms with Gasteiger partial charge in [0.1, 0.15) is 11.2 Å². The van der Waals surface area contributed by atoms with Gasteiger partial charge in [0, 0.05) is 4.88 Å². The number of fused-ring (bicyclic) bond motifs is 3. The van der Waals surface area contributed by atoms with E-state index in [1.165, 1.54) is 29.9 Å². The molecule has 0 bridgehead atoms. The van der Waals surface area contributed by atoms with Crippen molar-refractivity contribution < 1.29 is 23.5 Å². The van der Waals surface area contributed by atoms with Crippen LogP contribution < -0.4 is 20.1 Å². The average molecular weight is 495 g/mol. The number of furan rings is 1. The van der Waals surface area contributed by atoms with Crippen molar-refractivity contribution in [1.82, 2.24) is 5.32 Å². The summed E-state index contributed by atoms with van der Waals surface area (Å²) in [6, 6.07) is 8.39. The van der Waals surface area contributed by atoms with Crippen molar-refractivity contribution in [2.75, 3.05) is 12.4 Å². The maximum atomic E-state index is 13.2. The summed E-state index contributed by atoms with van der Waals surface area (Å²) in [6.07, 6.45) is 5.23. The van der Waals surface area contributed by atoms with E-state index < -0.39 is 12.1 Å². The second-order valence-corrected chi connectivity index (χ2v) is 10.9. The number of carbonyl (C=O) groups is 2. The molecule has 184 valence electrons. The van der Waals surface area contributed by atoms with Crippen LogP contribution in [0.3, 0.4) is 0 Å². The van der Waals surface area contributed by atoms with Crippen molar-refractivity contribution in [2.24, 2.45) is 11.3 Å².